The summed E-state index contributed by atoms with van der Waals surface area (Å²) < 4.78 is 31.7. The maximum absolute atomic E-state index is 12.4. The number of sulfonamides is 1. The zero-order valence-electron chi connectivity index (χ0n) is 13.1. The third-order valence-electron chi connectivity index (χ3n) is 3.30. The number of nitrogens with zero attached hydrogens (tertiary/aromatic N) is 1. The molecule has 6 heteroatoms. The number of benzene rings is 2. The predicted molar refractivity (Wildman–Crippen MR) is 94.2 cm³/mol. The smallest absolute Gasteiger partial charge is 0.234 e. The van der Waals surface area contributed by atoms with Crippen LogP contribution in [0.15, 0.2) is 60.7 Å². The van der Waals surface area contributed by atoms with Crippen LogP contribution in [0, 0.1) is 0 Å². The molecule has 0 aromatic heterocycles. The molecular weight excluding hydrogens is 334 g/mol. The molecule has 0 heterocycles. The molecule has 0 N–H and O–H groups in total. The van der Waals surface area contributed by atoms with Gasteiger partial charge in [-0.15, -0.1) is 11.6 Å². The van der Waals surface area contributed by atoms with Crippen molar-refractivity contribution in [2.45, 2.75) is 18.5 Å². The number of hydrogen-bond donors (Lipinski definition) is 0. The first-order valence-corrected chi connectivity index (χ1v) is 9.58. The average Bonchev–Trinajstić information content (AvgIpc) is 2.54. The summed E-state index contributed by atoms with van der Waals surface area (Å²) in [6.45, 7) is 2.16. The SMILES string of the molecule is CCO[C@H]([C@H](Cl)c1ccccc1)N(c1ccccc1)S(C)(=O)=O. The van der Waals surface area contributed by atoms with Gasteiger partial charge in [0, 0.05) is 6.61 Å². The van der Waals surface area contributed by atoms with E-state index in [9.17, 15) is 8.42 Å². The Morgan fingerprint density at radius 1 is 1.04 bits per heavy atom. The highest BCUT2D eigenvalue weighted by Gasteiger charge is 2.34. The number of hydrogen-bond acceptors (Lipinski definition) is 3. The van der Waals surface area contributed by atoms with Gasteiger partial charge in [-0.1, -0.05) is 48.5 Å². The zero-order chi connectivity index (χ0) is 16.9. The minimum atomic E-state index is -3.57. The Morgan fingerprint density at radius 3 is 2.04 bits per heavy atom. The molecule has 0 aliphatic rings. The molecule has 0 fully saturated rings. The molecular formula is C17H20ClNO3S. The van der Waals surface area contributed by atoms with E-state index >= 15 is 0 Å². The maximum atomic E-state index is 12.4. The summed E-state index contributed by atoms with van der Waals surface area (Å²) in [4.78, 5) is 0. The molecule has 0 bridgehead atoms. The summed E-state index contributed by atoms with van der Waals surface area (Å²) in [6, 6.07) is 18.2. The van der Waals surface area contributed by atoms with Gasteiger partial charge in [-0.05, 0) is 24.6 Å². The van der Waals surface area contributed by atoms with Crippen molar-refractivity contribution in [1.29, 1.82) is 0 Å². The second kappa shape index (κ2) is 7.81. The first kappa shape index (κ1) is 17.8. The number of anilines is 1. The average molecular weight is 354 g/mol. The first-order valence-electron chi connectivity index (χ1n) is 7.30. The molecule has 0 aliphatic heterocycles. The van der Waals surface area contributed by atoms with E-state index in [2.05, 4.69) is 0 Å². The van der Waals surface area contributed by atoms with Gasteiger partial charge in [-0.3, -0.25) is 0 Å². The van der Waals surface area contributed by atoms with Crippen molar-refractivity contribution in [2.24, 2.45) is 0 Å². The molecule has 0 aliphatic carbocycles. The molecule has 0 radical (unpaired) electrons. The Hall–Kier alpha value is -1.56. The van der Waals surface area contributed by atoms with Crippen molar-refractivity contribution in [3.8, 4) is 0 Å². The van der Waals surface area contributed by atoms with E-state index in [1.165, 1.54) is 4.31 Å². The van der Waals surface area contributed by atoms with Crippen LogP contribution in [0.1, 0.15) is 17.9 Å². The fraction of sp³-hybridized carbons (Fsp3) is 0.294. The molecule has 2 atom stereocenters. The highest BCUT2D eigenvalue weighted by molar-refractivity contribution is 7.92. The fourth-order valence-electron chi connectivity index (χ4n) is 2.35. The molecule has 2 aromatic carbocycles. The van der Waals surface area contributed by atoms with Crippen molar-refractivity contribution in [2.75, 3.05) is 17.2 Å². The molecule has 0 saturated carbocycles. The second-order valence-electron chi connectivity index (χ2n) is 5.05. The Bertz CT molecular complexity index is 707. The van der Waals surface area contributed by atoms with Crippen LogP contribution in [0.3, 0.4) is 0 Å². The lowest BCUT2D eigenvalue weighted by Gasteiger charge is -2.34. The van der Waals surface area contributed by atoms with Gasteiger partial charge in [0.1, 0.15) is 5.38 Å². The minimum Gasteiger partial charge on any atom is -0.356 e. The molecule has 124 valence electrons. The van der Waals surface area contributed by atoms with Crippen LogP contribution in [0.4, 0.5) is 5.69 Å². The third-order valence-corrected chi connectivity index (χ3v) is 4.91. The summed E-state index contributed by atoms with van der Waals surface area (Å²) >= 11 is 6.57. The van der Waals surface area contributed by atoms with Crippen LogP contribution < -0.4 is 4.31 Å². The van der Waals surface area contributed by atoms with Crippen LogP contribution in [0.5, 0.6) is 0 Å². The van der Waals surface area contributed by atoms with Crippen LogP contribution in [-0.4, -0.2) is 27.5 Å². The lowest BCUT2D eigenvalue weighted by atomic mass is 10.1. The first-order chi connectivity index (χ1) is 10.9. The summed E-state index contributed by atoms with van der Waals surface area (Å²) in [5, 5.41) is -0.633. The van der Waals surface area contributed by atoms with E-state index < -0.39 is 21.6 Å². The fourth-order valence-corrected chi connectivity index (χ4v) is 3.81. The Morgan fingerprint density at radius 2 is 1.57 bits per heavy atom. The Balaban J connectivity index is 2.47. The van der Waals surface area contributed by atoms with Crippen LogP contribution in [-0.2, 0) is 14.8 Å². The zero-order valence-corrected chi connectivity index (χ0v) is 14.7. The van der Waals surface area contributed by atoms with E-state index in [-0.39, 0.29) is 0 Å². The molecule has 23 heavy (non-hydrogen) atoms. The molecule has 0 spiro atoms. The topological polar surface area (TPSA) is 46.6 Å². The molecule has 2 aromatic rings. The molecule has 0 saturated heterocycles. The Labute approximate surface area is 142 Å². The summed E-state index contributed by atoms with van der Waals surface area (Å²) in [5.41, 5.74) is 1.33. The Kier molecular flexibility index (Phi) is 6.04. The van der Waals surface area contributed by atoms with Crippen molar-refractivity contribution >= 4 is 27.3 Å². The highest BCUT2D eigenvalue weighted by Crippen LogP contribution is 2.33. The molecule has 0 amide bonds. The number of ether oxygens (including phenoxy) is 1. The third kappa shape index (κ3) is 4.47. The van der Waals surface area contributed by atoms with Gasteiger partial charge in [0.2, 0.25) is 10.0 Å². The standard InChI is InChI=1S/C17H20ClNO3S/c1-3-22-17(16(18)14-10-6-4-7-11-14)19(23(2,20)21)15-12-8-5-9-13-15/h4-13,16-17H,3H2,1-2H3/t16-,17-/m1/s1. The van der Waals surface area contributed by atoms with Gasteiger partial charge >= 0.3 is 0 Å². The van der Waals surface area contributed by atoms with E-state index in [1.807, 2.05) is 43.3 Å². The lowest BCUT2D eigenvalue weighted by molar-refractivity contribution is 0.0682. The number of rotatable bonds is 7. The van der Waals surface area contributed by atoms with E-state index in [4.69, 9.17) is 16.3 Å². The quantitative estimate of drug-likeness (QED) is 0.562. The van der Waals surface area contributed by atoms with Crippen molar-refractivity contribution in [1.82, 2.24) is 0 Å². The molecule has 2 rings (SSSR count). The van der Waals surface area contributed by atoms with E-state index in [1.54, 1.807) is 24.3 Å². The maximum Gasteiger partial charge on any atom is 0.234 e. The lowest BCUT2D eigenvalue weighted by Crippen LogP contribution is -2.44. The van der Waals surface area contributed by atoms with Gasteiger partial charge in [0.25, 0.3) is 0 Å². The summed E-state index contributed by atoms with van der Waals surface area (Å²) in [6.07, 6.45) is 0.321. The van der Waals surface area contributed by atoms with Gasteiger partial charge in [-0.2, -0.15) is 0 Å². The molecule has 0 unspecified atom stereocenters. The van der Waals surface area contributed by atoms with Crippen molar-refractivity contribution in [3.05, 3.63) is 66.2 Å². The van der Waals surface area contributed by atoms with E-state index in [0.29, 0.717) is 12.3 Å². The summed E-state index contributed by atoms with van der Waals surface area (Å²) in [5.74, 6) is 0. The highest BCUT2D eigenvalue weighted by atomic mass is 35.5. The predicted octanol–water partition coefficient (Wildman–Crippen LogP) is 3.80. The number of halogens is 1. The largest absolute Gasteiger partial charge is 0.356 e. The van der Waals surface area contributed by atoms with Gasteiger partial charge in [0.05, 0.1) is 11.9 Å². The van der Waals surface area contributed by atoms with Crippen LogP contribution >= 0.6 is 11.6 Å². The van der Waals surface area contributed by atoms with Crippen LogP contribution in [0.2, 0.25) is 0 Å². The number of alkyl halides is 1. The van der Waals surface area contributed by atoms with E-state index in [0.717, 1.165) is 11.8 Å². The minimum absolute atomic E-state index is 0.347. The molecule has 4 nitrogen and oxygen atoms in total. The van der Waals surface area contributed by atoms with Crippen molar-refractivity contribution in [3.63, 3.8) is 0 Å². The normalized spacial score (nSPS) is 14.2. The van der Waals surface area contributed by atoms with Crippen LogP contribution in [0.25, 0.3) is 0 Å². The second-order valence-corrected chi connectivity index (χ2v) is 7.38. The van der Waals surface area contributed by atoms with Gasteiger partial charge < -0.3 is 4.74 Å². The van der Waals surface area contributed by atoms with Gasteiger partial charge in [0.15, 0.2) is 6.23 Å². The van der Waals surface area contributed by atoms with Gasteiger partial charge in [-0.25, -0.2) is 12.7 Å². The number of para-hydroxylation sites is 1. The monoisotopic (exact) mass is 353 g/mol. The summed E-state index contributed by atoms with van der Waals surface area (Å²) in [7, 11) is -3.57. The van der Waals surface area contributed by atoms with Crippen molar-refractivity contribution < 1.29 is 13.2 Å².